The van der Waals surface area contributed by atoms with E-state index in [4.69, 9.17) is 0 Å². The van der Waals surface area contributed by atoms with E-state index in [1.54, 1.807) is 0 Å². The van der Waals surface area contributed by atoms with Crippen LogP contribution in [0.5, 0.6) is 0 Å². The fourth-order valence-electron chi connectivity index (χ4n) is 7.88. The lowest BCUT2D eigenvalue weighted by molar-refractivity contribution is 1.16. The Labute approximate surface area is 296 Å². The molecule has 0 unspecified atom stereocenters. The van der Waals surface area contributed by atoms with Gasteiger partial charge in [0.1, 0.15) is 0 Å². The van der Waals surface area contributed by atoms with Gasteiger partial charge in [0.05, 0.1) is 56.7 Å². The van der Waals surface area contributed by atoms with Gasteiger partial charge in [0.15, 0.2) is 0 Å². The minimum atomic E-state index is 0.597. The maximum absolute atomic E-state index is 10.2. The number of hydrogen-bond acceptors (Lipinski definition) is 2. The summed E-state index contributed by atoms with van der Waals surface area (Å²) in [5.41, 5.74) is 15.3. The molecule has 0 aliphatic heterocycles. The Balaban J connectivity index is 1.42. The smallest absolute Gasteiger partial charge is 0.0992 e. The van der Waals surface area contributed by atoms with Gasteiger partial charge in [-0.15, -0.1) is 0 Å². The summed E-state index contributed by atoms with van der Waals surface area (Å²) in [7, 11) is 0. The molecule has 0 saturated heterocycles. The lowest BCUT2D eigenvalue weighted by Crippen LogP contribution is -2.02. The van der Waals surface area contributed by atoms with Gasteiger partial charge in [-0.05, 0) is 110 Å². The first-order valence-electron chi connectivity index (χ1n) is 17.1. The van der Waals surface area contributed by atoms with E-state index in [0.29, 0.717) is 11.1 Å². The number of para-hydroxylation sites is 2. The highest BCUT2D eigenvalue weighted by Crippen LogP contribution is 2.43. The zero-order valence-electron chi connectivity index (χ0n) is 28.6. The highest BCUT2D eigenvalue weighted by molar-refractivity contribution is 6.12. The summed E-state index contributed by atoms with van der Waals surface area (Å²) in [6.45, 7) is 6.33. The molecule has 51 heavy (non-hydrogen) atoms. The third-order valence-corrected chi connectivity index (χ3v) is 10.2. The van der Waals surface area contributed by atoms with Crippen molar-refractivity contribution >= 4 is 43.6 Å². The van der Waals surface area contributed by atoms with Crippen molar-refractivity contribution < 1.29 is 0 Å². The average Bonchev–Trinajstić information content (AvgIpc) is 3.66. The zero-order chi connectivity index (χ0) is 34.8. The number of nitrogens with zero attached hydrogens (tertiary/aromatic N) is 4. The first-order valence-corrected chi connectivity index (χ1v) is 17.1. The van der Waals surface area contributed by atoms with Crippen molar-refractivity contribution in [3.63, 3.8) is 0 Å². The molecule has 4 nitrogen and oxygen atoms in total. The molecule has 7 aromatic carbocycles. The summed E-state index contributed by atoms with van der Waals surface area (Å²) in [6, 6.07) is 53.8. The molecule has 2 aromatic heterocycles. The van der Waals surface area contributed by atoms with Crippen LogP contribution in [0, 0.1) is 43.4 Å². The van der Waals surface area contributed by atoms with Gasteiger partial charge in [-0.1, -0.05) is 77.9 Å². The molecule has 0 amide bonds. The molecule has 240 valence electrons. The van der Waals surface area contributed by atoms with E-state index in [1.807, 2.05) is 30.3 Å². The zero-order valence-corrected chi connectivity index (χ0v) is 28.6. The number of hydrogen-bond donors (Lipinski definition) is 0. The molecule has 0 N–H and O–H groups in total. The van der Waals surface area contributed by atoms with Crippen molar-refractivity contribution in [2.24, 2.45) is 0 Å². The van der Waals surface area contributed by atoms with Crippen LogP contribution in [0.3, 0.4) is 0 Å². The van der Waals surface area contributed by atoms with Gasteiger partial charge in [0, 0.05) is 32.7 Å². The maximum Gasteiger partial charge on any atom is 0.0992 e. The molecule has 0 saturated carbocycles. The number of rotatable bonds is 4. The largest absolute Gasteiger partial charge is 0.309 e. The first-order chi connectivity index (χ1) is 24.9. The maximum atomic E-state index is 10.2. The van der Waals surface area contributed by atoms with Crippen LogP contribution in [-0.4, -0.2) is 9.13 Å². The van der Waals surface area contributed by atoms with E-state index < -0.39 is 0 Å². The summed E-state index contributed by atoms with van der Waals surface area (Å²) >= 11 is 0. The van der Waals surface area contributed by atoms with Crippen molar-refractivity contribution in [2.45, 2.75) is 20.8 Å². The standard InChI is InChI=1S/C47H32N4/c1-29-12-19-44-39(22-29)36-8-4-6-10-42(36)50(44)46-21-16-34(35-17-14-32(27-48)24-31(35)3)26-41(46)38-18-15-33(28-49)25-47(38)51-43-11-7-5-9-37(43)40-23-30(2)13-20-45(40)51/h4-26H,1-3H3. The lowest BCUT2D eigenvalue weighted by atomic mass is 9.92. The molecule has 0 atom stereocenters. The molecule has 0 fully saturated rings. The minimum Gasteiger partial charge on any atom is -0.309 e. The molecular formula is C47H32N4. The third-order valence-electron chi connectivity index (χ3n) is 10.2. The first kappa shape index (κ1) is 30.2. The van der Waals surface area contributed by atoms with Gasteiger partial charge >= 0.3 is 0 Å². The van der Waals surface area contributed by atoms with E-state index in [9.17, 15) is 10.5 Å². The highest BCUT2D eigenvalue weighted by Gasteiger charge is 2.22. The van der Waals surface area contributed by atoms with Gasteiger partial charge in [-0.25, -0.2) is 0 Å². The molecule has 0 bridgehead atoms. The molecule has 2 heterocycles. The van der Waals surface area contributed by atoms with Crippen LogP contribution >= 0.6 is 0 Å². The Bertz CT molecular complexity index is 2980. The predicted octanol–water partition coefficient (Wildman–Crippen LogP) is 11.9. The molecular weight excluding hydrogens is 621 g/mol. The van der Waals surface area contributed by atoms with E-state index in [-0.39, 0.29) is 0 Å². The Morgan fingerprint density at radius 1 is 0.412 bits per heavy atom. The third kappa shape index (κ3) is 4.73. The normalized spacial score (nSPS) is 11.4. The summed E-state index contributed by atoms with van der Waals surface area (Å²) in [5.74, 6) is 0. The van der Waals surface area contributed by atoms with E-state index in [2.05, 4.69) is 151 Å². The fraction of sp³-hybridized carbons (Fsp3) is 0.0638. The van der Waals surface area contributed by atoms with Crippen molar-refractivity contribution in [3.05, 3.63) is 167 Å². The van der Waals surface area contributed by atoms with Crippen molar-refractivity contribution in [1.29, 1.82) is 10.5 Å². The second-order valence-corrected chi connectivity index (χ2v) is 13.5. The minimum absolute atomic E-state index is 0.597. The van der Waals surface area contributed by atoms with Crippen LogP contribution in [0.15, 0.2) is 140 Å². The topological polar surface area (TPSA) is 57.4 Å². The van der Waals surface area contributed by atoms with Crippen LogP contribution in [-0.2, 0) is 0 Å². The summed E-state index contributed by atoms with van der Waals surface area (Å²) in [4.78, 5) is 0. The van der Waals surface area contributed by atoms with Crippen LogP contribution in [0.25, 0.3) is 77.2 Å². The summed E-state index contributed by atoms with van der Waals surface area (Å²) < 4.78 is 4.70. The second kappa shape index (κ2) is 11.6. The van der Waals surface area contributed by atoms with Gasteiger partial charge in [-0.3, -0.25) is 0 Å². The van der Waals surface area contributed by atoms with Gasteiger partial charge in [0.2, 0.25) is 0 Å². The van der Waals surface area contributed by atoms with E-state index in [1.165, 1.54) is 32.7 Å². The molecule has 9 rings (SSSR count). The van der Waals surface area contributed by atoms with Gasteiger partial charge in [0.25, 0.3) is 0 Å². The molecule has 0 aliphatic carbocycles. The number of aromatic nitrogens is 2. The quantitative estimate of drug-likeness (QED) is 0.190. The fourth-order valence-corrected chi connectivity index (χ4v) is 7.88. The summed E-state index contributed by atoms with van der Waals surface area (Å²) in [6.07, 6.45) is 0. The average molecular weight is 653 g/mol. The number of nitriles is 2. The molecule has 9 aromatic rings. The van der Waals surface area contributed by atoms with Crippen LogP contribution in [0.4, 0.5) is 0 Å². The van der Waals surface area contributed by atoms with Crippen LogP contribution < -0.4 is 0 Å². The highest BCUT2D eigenvalue weighted by atomic mass is 15.0. The molecule has 4 heteroatoms. The predicted molar refractivity (Wildman–Crippen MR) is 210 cm³/mol. The SMILES string of the molecule is Cc1ccc2c(c1)c1ccccc1n2-c1ccc(-c2ccc(C#N)cc2C)cc1-c1ccc(C#N)cc1-n1c2ccccc2c2cc(C)ccc21. The Morgan fingerprint density at radius 2 is 0.941 bits per heavy atom. The van der Waals surface area contributed by atoms with Gasteiger partial charge < -0.3 is 9.13 Å². The molecule has 0 aliphatic rings. The van der Waals surface area contributed by atoms with Gasteiger partial charge in [-0.2, -0.15) is 10.5 Å². The summed E-state index contributed by atoms with van der Waals surface area (Å²) in [5, 5.41) is 24.6. The lowest BCUT2D eigenvalue weighted by Gasteiger charge is -2.20. The Morgan fingerprint density at radius 3 is 1.53 bits per heavy atom. The Kier molecular flexibility index (Phi) is 6.88. The second-order valence-electron chi connectivity index (χ2n) is 13.5. The van der Waals surface area contributed by atoms with Crippen molar-refractivity contribution in [3.8, 4) is 45.8 Å². The van der Waals surface area contributed by atoms with Crippen LogP contribution in [0.2, 0.25) is 0 Å². The van der Waals surface area contributed by atoms with E-state index >= 15 is 0 Å². The molecule has 0 radical (unpaired) electrons. The van der Waals surface area contributed by atoms with E-state index in [0.717, 1.165) is 61.3 Å². The van der Waals surface area contributed by atoms with Crippen molar-refractivity contribution in [1.82, 2.24) is 9.13 Å². The number of benzene rings is 7. The molecule has 0 spiro atoms. The van der Waals surface area contributed by atoms with Crippen LogP contribution in [0.1, 0.15) is 27.8 Å². The number of fused-ring (bicyclic) bond motifs is 6. The monoisotopic (exact) mass is 652 g/mol. The number of aryl methyl sites for hydroxylation is 3. The Hall–Kier alpha value is -6.88. The van der Waals surface area contributed by atoms with Crippen molar-refractivity contribution in [2.75, 3.05) is 0 Å².